The molecular weight excluding hydrogens is 464 g/mol. The second-order valence-electron chi connectivity index (χ2n) is 10.3. The van der Waals surface area contributed by atoms with Crippen molar-refractivity contribution in [1.82, 2.24) is 15.6 Å². The summed E-state index contributed by atoms with van der Waals surface area (Å²) in [5, 5.41) is 6.26. The molecule has 2 N–H and O–H groups in total. The summed E-state index contributed by atoms with van der Waals surface area (Å²) in [6.45, 7) is 3.15. The monoisotopic (exact) mass is 496 g/mol. The molecule has 1 aromatic heterocycles. The molecule has 37 heavy (non-hydrogen) atoms. The molecule has 3 aromatic rings. The number of amides is 2. The molecule has 7 nitrogen and oxygen atoms in total. The van der Waals surface area contributed by atoms with Gasteiger partial charge in [-0.15, -0.1) is 0 Å². The molecule has 2 amide bonds. The van der Waals surface area contributed by atoms with Gasteiger partial charge in [0.2, 0.25) is 0 Å². The van der Waals surface area contributed by atoms with Crippen molar-refractivity contribution in [3.63, 3.8) is 0 Å². The molecule has 7 heteroatoms. The van der Waals surface area contributed by atoms with Crippen LogP contribution in [-0.4, -0.2) is 41.5 Å². The molecule has 3 aliphatic rings. The lowest BCUT2D eigenvalue weighted by molar-refractivity contribution is 0.0923. The number of ether oxygens (including phenoxy) is 1. The van der Waals surface area contributed by atoms with Gasteiger partial charge in [-0.25, -0.2) is 4.98 Å². The standard InChI is InChI=1S/C30H32N4O3/c1-19-26(11-7-21-13-14-37-28(19)21)30(36)33-23-15-24-9-10-25(16-23)34(24)27-12-8-22(18-31-27)29(35)32-17-20-5-3-2-4-6-20/h2-8,11-12,18,23-25H,9-10,13-17H2,1H3,(H,32,35)(H,33,36)/t23?,24-,25+. The average Bonchev–Trinajstić information content (AvgIpc) is 3.51. The minimum absolute atomic E-state index is 0.0161. The Labute approximate surface area is 217 Å². The van der Waals surface area contributed by atoms with Crippen LogP contribution in [0.4, 0.5) is 5.82 Å². The maximum Gasteiger partial charge on any atom is 0.253 e. The van der Waals surface area contributed by atoms with Crippen LogP contribution in [-0.2, 0) is 13.0 Å². The second kappa shape index (κ2) is 9.88. The number of benzene rings is 2. The van der Waals surface area contributed by atoms with Gasteiger partial charge in [-0.1, -0.05) is 36.4 Å². The Kier molecular flexibility index (Phi) is 6.28. The van der Waals surface area contributed by atoms with Gasteiger partial charge in [-0.2, -0.15) is 0 Å². The summed E-state index contributed by atoms with van der Waals surface area (Å²) in [6, 6.07) is 18.4. The van der Waals surface area contributed by atoms with Gasteiger partial charge < -0.3 is 20.3 Å². The van der Waals surface area contributed by atoms with Crippen LogP contribution in [0.2, 0.25) is 0 Å². The van der Waals surface area contributed by atoms with Gasteiger partial charge in [0.25, 0.3) is 11.8 Å². The van der Waals surface area contributed by atoms with Crippen molar-refractivity contribution in [1.29, 1.82) is 0 Å². The van der Waals surface area contributed by atoms with Gasteiger partial charge in [0.05, 0.1) is 12.2 Å². The summed E-state index contributed by atoms with van der Waals surface area (Å²) in [5.41, 5.74) is 4.45. The van der Waals surface area contributed by atoms with Crippen molar-refractivity contribution in [2.45, 2.75) is 63.7 Å². The fourth-order valence-corrected chi connectivity index (χ4v) is 6.14. The largest absolute Gasteiger partial charge is 0.493 e. The Morgan fingerprint density at radius 1 is 1.00 bits per heavy atom. The predicted molar refractivity (Wildman–Crippen MR) is 142 cm³/mol. The Morgan fingerprint density at radius 2 is 1.78 bits per heavy atom. The van der Waals surface area contributed by atoms with Gasteiger partial charge in [-0.05, 0) is 61.9 Å². The minimum atomic E-state index is -0.125. The molecule has 0 spiro atoms. The molecule has 3 aliphatic heterocycles. The summed E-state index contributed by atoms with van der Waals surface area (Å²) in [5.74, 6) is 1.64. The molecule has 0 radical (unpaired) electrons. The Hall–Kier alpha value is -3.87. The van der Waals surface area contributed by atoms with Crippen LogP contribution < -0.4 is 20.3 Å². The second-order valence-corrected chi connectivity index (χ2v) is 10.3. The maximum absolute atomic E-state index is 13.1. The third-order valence-corrected chi connectivity index (χ3v) is 7.99. The number of aromatic nitrogens is 1. The number of nitrogens with one attached hydrogen (secondary N) is 2. The van der Waals surface area contributed by atoms with Crippen LogP contribution in [0, 0.1) is 6.92 Å². The lowest BCUT2D eigenvalue weighted by Gasteiger charge is -2.40. The minimum Gasteiger partial charge on any atom is -0.493 e. The van der Waals surface area contributed by atoms with Crippen LogP contribution in [0.25, 0.3) is 0 Å². The van der Waals surface area contributed by atoms with E-state index < -0.39 is 0 Å². The number of pyridine rings is 1. The number of carbonyl (C=O) groups is 2. The van der Waals surface area contributed by atoms with Crippen molar-refractivity contribution in [2.75, 3.05) is 11.5 Å². The first-order valence-electron chi connectivity index (χ1n) is 13.2. The molecule has 190 valence electrons. The number of carbonyl (C=O) groups excluding carboxylic acids is 2. The third-order valence-electron chi connectivity index (χ3n) is 7.99. The van der Waals surface area contributed by atoms with Crippen molar-refractivity contribution in [2.24, 2.45) is 0 Å². The highest BCUT2D eigenvalue weighted by Crippen LogP contribution is 2.39. The van der Waals surface area contributed by atoms with E-state index in [1.807, 2.05) is 61.5 Å². The van der Waals surface area contributed by atoms with Crippen molar-refractivity contribution in [3.05, 3.63) is 88.6 Å². The zero-order valence-corrected chi connectivity index (χ0v) is 21.1. The zero-order chi connectivity index (χ0) is 25.4. The van der Waals surface area contributed by atoms with Gasteiger partial charge in [0, 0.05) is 48.4 Å². The van der Waals surface area contributed by atoms with Gasteiger partial charge in [0.1, 0.15) is 11.6 Å². The van der Waals surface area contributed by atoms with E-state index in [0.29, 0.717) is 36.4 Å². The average molecular weight is 497 g/mol. The third kappa shape index (κ3) is 4.66. The van der Waals surface area contributed by atoms with E-state index in [1.165, 1.54) is 5.56 Å². The van der Waals surface area contributed by atoms with Crippen LogP contribution >= 0.6 is 0 Å². The number of nitrogens with zero attached hydrogens (tertiary/aromatic N) is 2. The summed E-state index contributed by atoms with van der Waals surface area (Å²) >= 11 is 0. The molecule has 0 saturated carbocycles. The first-order chi connectivity index (χ1) is 18.1. The van der Waals surface area contributed by atoms with Crippen LogP contribution in [0.15, 0.2) is 60.8 Å². The van der Waals surface area contributed by atoms with Gasteiger partial charge >= 0.3 is 0 Å². The summed E-state index contributed by atoms with van der Waals surface area (Å²) in [6.07, 6.45) is 6.54. The zero-order valence-electron chi connectivity index (χ0n) is 21.1. The Balaban J connectivity index is 1.08. The van der Waals surface area contributed by atoms with Crippen molar-refractivity contribution >= 4 is 17.6 Å². The molecule has 0 aliphatic carbocycles. The molecule has 2 saturated heterocycles. The number of anilines is 1. The summed E-state index contributed by atoms with van der Waals surface area (Å²) < 4.78 is 5.76. The molecule has 2 bridgehead atoms. The van der Waals surface area contributed by atoms with Crippen molar-refractivity contribution in [3.8, 4) is 5.75 Å². The molecule has 1 unspecified atom stereocenters. The number of piperidine rings is 1. The molecule has 2 aromatic carbocycles. The Morgan fingerprint density at radius 3 is 2.51 bits per heavy atom. The van der Waals surface area contributed by atoms with Crippen LogP contribution in [0.5, 0.6) is 5.75 Å². The normalized spacial score (nSPS) is 21.8. The first-order valence-corrected chi connectivity index (χ1v) is 13.2. The van der Waals surface area contributed by atoms with E-state index in [0.717, 1.165) is 54.8 Å². The summed E-state index contributed by atoms with van der Waals surface area (Å²) in [7, 11) is 0. The van der Waals surface area contributed by atoms with Crippen LogP contribution in [0.3, 0.4) is 0 Å². The van der Waals surface area contributed by atoms with E-state index in [4.69, 9.17) is 4.74 Å². The number of hydrogen-bond donors (Lipinski definition) is 2. The summed E-state index contributed by atoms with van der Waals surface area (Å²) in [4.78, 5) is 32.8. The van der Waals surface area contributed by atoms with Gasteiger partial charge in [-0.3, -0.25) is 9.59 Å². The molecule has 6 rings (SSSR count). The smallest absolute Gasteiger partial charge is 0.253 e. The van der Waals surface area contributed by atoms with Crippen molar-refractivity contribution < 1.29 is 14.3 Å². The topological polar surface area (TPSA) is 83.6 Å². The lowest BCUT2D eigenvalue weighted by atomic mass is 9.96. The SMILES string of the molecule is Cc1c(C(=O)NC2C[C@H]3CC[C@@H](C2)N3c2ccc(C(=O)NCc3ccccc3)cn2)ccc2c1OCC2. The van der Waals surface area contributed by atoms with E-state index in [-0.39, 0.29) is 17.9 Å². The molecular formula is C30H32N4O3. The van der Waals surface area contributed by atoms with E-state index >= 15 is 0 Å². The Bertz CT molecular complexity index is 1290. The fourth-order valence-electron chi connectivity index (χ4n) is 6.14. The maximum atomic E-state index is 13.1. The van der Waals surface area contributed by atoms with E-state index in [9.17, 15) is 9.59 Å². The lowest BCUT2D eigenvalue weighted by Crippen LogP contribution is -2.50. The molecule has 2 fully saturated rings. The highest BCUT2D eigenvalue weighted by Gasteiger charge is 2.42. The molecule has 4 heterocycles. The van der Waals surface area contributed by atoms with E-state index in [1.54, 1.807) is 6.20 Å². The first kappa shape index (κ1) is 23.5. The number of fused-ring (bicyclic) bond motifs is 3. The number of hydrogen-bond acceptors (Lipinski definition) is 5. The number of rotatable bonds is 6. The molecule has 3 atom stereocenters. The quantitative estimate of drug-likeness (QED) is 0.535. The van der Waals surface area contributed by atoms with Gasteiger partial charge in [0.15, 0.2) is 0 Å². The van der Waals surface area contributed by atoms with E-state index in [2.05, 4.69) is 20.5 Å². The highest BCUT2D eigenvalue weighted by molar-refractivity contribution is 5.96. The predicted octanol–water partition coefficient (Wildman–Crippen LogP) is 4.18. The highest BCUT2D eigenvalue weighted by atomic mass is 16.5. The van der Waals surface area contributed by atoms with Crippen LogP contribution in [0.1, 0.15) is 63.1 Å². The fraction of sp³-hybridized carbons (Fsp3) is 0.367.